The highest BCUT2D eigenvalue weighted by atomic mass is 19.1. The maximum Gasteiger partial charge on any atom is 0.326 e. The van der Waals surface area contributed by atoms with Gasteiger partial charge in [0.15, 0.2) is 0 Å². The number of halogens is 2. The van der Waals surface area contributed by atoms with Crippen LogP contribution >= 0.6 is 0 Å². The van der Waals surface area contributed by atoms with Gasteiger partial charge in [-0.15, -0.1) is 0 Å². The molecule has 1 aromatic carbocycles. The van der Waals surface area contributed by atoms with Crippen molar-refractivity contribution < 1.29 is 23.5 Å². The fraction of sp³-hybridized carbons (Fsp3) is 0.333. The summed E-state index contributed by atoms with van der Waals surface area (Å²) in [6.07, 6.45) is 0. The number of anilines is 1. The fourth-order valence-electron chi connectivity index (χ4n) is 1.45. The van der Waals surface area contributed by atoms with E-state index in [9.17, 15) is 18.4 Å². The Labute approximate surface area is 108 Å². The topological polar surface area (TPSA) is 78.4 Å². The van der Waals surface area contributed by atoms with Crippen molar-refractivity contribution in [3.8, 4) is 0 Å². The molecule has 0 heterocycles. The molecule has 0 aliphatic carbocycles. The summed E-state index contributed by atoms with van der Waals surface area (Å²) in [5, 5.41) is 13.3. The Morgan fingerprint density at radius 2 is 1.68 bits per heavy atom. The van der Waals surface area contributed by atoms with Crippen LogP contribution in [-0.4, -0.2) is 23.1 Å². The molecule has 19 heavy (non-hydrogen) atoms. The van der Waals surface area contributed by atoms with Crippen LogP contribution in [0.15, 0.2) is 18.2 Å². The molecule has 1 unspecified atom stereocenters. The maximum absolute atomic E-state index is 12.9. The van der Waals surface area contributed by atoms with E-state index in [-0.39, 0.29) is 11.6 Å². The summed E-state index contributed by atoms with van der Waals surface area (Å²) in [4.78, 5) is 22.4. The molecule has 0 fully saturated rings. The SMILES string of the molecule is CC(C)C(NC(=O)Nc1cc(F)cc(F)c1)C(=O)O. The number of carboxylic acids is 1. The second-order valence-electron chi connectivity index (χ2n) is 4.32. The minimum atomic E-state index is -1.18. The summed E-state index contributed by atoms with van der Waals surface area (Å²) in [7, 11) is 0. The number of nitrogens with one attached hydrogen (secondary N) is 2. The van der Waals surface area contributed by atoms with Crippen LogP contribution in [0, 0.1) is 17.6 Å². The normalized spacial score (nSPS) is 12.1. The Balaban J connectivity index is 2.71. The Kier molecular flexibility index (Phi) is 4.80. The molecular formula is C12H14F2N2O3. The zero-order valence-corrected chi connectivity index (χ0v) is 10.4. The van der Waals surface area contributed by atoms with E-state index in [0.29, 0.717) is 6.07 Å². The van der Waals surface area contributed by atoms with E-state index in [1.165, 1.54) is 0 Å². The number of amides is 2. The largest absolute Gasteiger partial charge is 0.480 e. The quantitative estimate of drug-likeness (QED) is 0.786. The van der Waals surface area contributed by atoms with E-state index in [1.54, 1.807) is 13.8 Å². The predicted octanol–water partition coefficient (Wildman–Crippen LogP) is 2.20. The molecule has 0 saturated heterocycles. The lowest BCUT2D eigenvalue weighted by Crippen LogP contribution is -2.46. The second kappa shape index (κ2) is 6.12. The number of hydrogen-bond acceptors (Lipinski definition) is 2. The van der Waals surface area contributed by atoms with E-state index in [4.69, 9.17) is 5.11 Å². The van der Waals surface area contributed by atoms with Gasteiger partial charge in [0.25, 0.3) is 0 Å². The standard InChI is InChI=1S/C12H14F2N2O3/c1-6(2)10(11(17)18)16-12(19)15-9-4-7(13)3-8(14)5-9/h3-6,10H,1-2H3,(H,17,18)(H2,15,16,19). The summed E-state index contributed by atoms with van der Waals surface area (Å²) in [5.41, 5.74) is -0.0945. The molecule has 5 nitrogen and oxygen atoms in total. The number of carbonyl (C=O) groups is 2. The summed E-state index contributed by atoms with van der Waals surface area (Å²) >= 11 is 0. The molecule has 2 amide bonds. The van der Waals surface area contributed by atoms with E-state index < -0.39 is 29.7 Å². The van der Waals surface area contributed by atoms with Crippen molar-refractivity contribution in [2.75, 3.05) is 5.32 Å². The predicted molar refractivity (Wildman–Crippen MR) is 64.8 cm³/mol. The molecule has 3 N–H and O–H groups in total. The van der Waals surface area contributed by atoms with Crippen molar-refractivity contribution in [2.45, 2.75) is 19.9 Å². The molecule has 0 bridgehead atoms. The van der Waals surface area contributed by atoms with Gasteiger partial charge in [-0.25, -0.2) is 18.4 Å². The molecule has 0 radical (unpaired) electrons. The molecular weight excluding hydrogens is 258 g/mol. The average Bonchev–Trinajstić information content (AvgIpc) is 2.23. The van der Waals surface area contributed by atoms with Crippen LogP contribution in [0.25, 0.3) is 0 Å². The van der Waals surface area contributed by atoms with Crippen molar-refractivity contribution >= 4 is 17.7 Å². The van der Waals surface area contributed by atoms with Gasteiger partial charge in [-0.05, 0) is 18.1 Å². The van der Waals surface area contributed by atoms with Crippen molar-refractivity contribution in [2.24, 2.45) is 5.92 Å². The first-order chi connectivity index (χ1) is 8.79. The first-order valence-corrected chi connectivity index (χ1v) is 5.56. The van der Waals surface area contributed by atoms with Gasteiger partial charge in [0, 0.05) is 11.8 Å². The van der Waals surface area contributed by atoms with Crippen LogP contribution < -0.4 is 10.6 Å². The second-order valence-corrected chi connectivity index (χ2v) is 4.32. The summed E-state index contributed by atoms with van der Waals surface area (Å²) < 4.78 is 25.8. The minimum absolute atomic E-state index is 0.0945. The van der Waals surface area contributed by atoms with E-state index in [0.717, 1.165) is 12.1 Å². The number of aliphatic carboxylic acids is 1. The van der Waals surface area contributed by atoms with Crippen LogP contribution in [0.2, 0.25) is 0 Å². The van der Waals surface area contributed by atoms with E-state index in [1.807, 2.05) is 0 Å². The molecule has 0 spiro atoms. The number of hydrogen-bond donors (Lipinski definition) is 3. The van der Waals surface area contributed by atoms with E-state index >= 15 is 0 Å². The first kappa shape index (κ1) is 14.9. The lowest BCUT2D eigenvalue weighted by Gasteiger charge is -2.18. The molecule has 0 aliphatic rings. The minimum Gasteiger partial charge on any atom is -0.480 e. The van der Waals surface area contributed by atoms with Crippen LogP contribution in [0.5, 0.6) is 0 Å². The Bertz CT molecular complexity index is 472. The first-order valence-electron chi connectivity index (χ1n) is 5.56. The molecule has 1 atom stereocenters. The smallest absolute Gasteiger partial charge is 0.326 e. The van der Waals surface area contributed by atoms with Crippen LogP contribution in [0.3, 0.4) is 0 Å². The van der Waals surface area contributed by atoms with Crippen molar-refractivity contribution in [3.05, 3.63) is 29.8 Å². The molecule has 0 aliphatic heterocycles. The Morgan fingerprint density at radius 3 is 2.11 bits per heavy atom. The third-order valence-corrected chi connectivity index (χ3v) is 2.34. The summed E-state index contributed by atoms with van der Waals surface area (Å²) in [5.74, 6) is -3.19. The van der Waals surface area contributed by atoms with Gasteiger partial charge < -0.3 is 15.7 Å². The highest BCUT2D eigenvalue weighted by Crippen LogP contribution is 2.13. The van der Waals surface area contributed by atoms with Crippen molar-refractivity contribution in [1.82, 2.24) is 5.32 Å². The van der Waals surface area contributed by atoms with Crippen molar-refractivity contribution in [3.63, 3.8) is 0 Å². The van der Waals surface area contributed by atoms with Gasteiger partial charge in [-0.3, -0.25) is 0 Å². The zero-order chi connectivity index (χ0) is 14.6. The fourth-order valence-corrected chi connectivity index (χ4v) is 1.45. The van der Waals surface area contributed by atoms with Crippen LogP contribution in [0.1, 0.15) is 13.8 Å². The van der Waals surface area contributed by atoms with Crippen molar-refractivity contribution in [1.29, 1.82) is 0 Å². The molecule has 7 heteroatoms. The van der Waals surface area contributed by atoms with Crippen LogP contribution in [-0.2, 0) is 4.79 Å². The number of carboxylic acid groups (broad SMARTS) is 1. The Hall–Kier alpha value is -2.18. The lowest BCUT2D eigenvalue weighted by atomic mass is 10.1. The zero-order valence-electron chi connectivity index (χ0n) is 10.4. The number of benzene rings is 1. The molecule has 0 aromatic heterocycles. The van der Waals surface area contributed by atoms with Gasteiger partial charge in [0.1, 0.15) is 17.7 Å². The highest BCUT2D eigenvalue weighted by Gasteiger charge is 2.23. The lowest BCUT2D eigenvalue weighted by molar-refractivity contribution is -0.140. The van der Waals surface area contributed by atoms with E-state index in [2.05, 4.69) is 10.6 Å². The van der Waals surface area contributed by atoms with Crippen LogP contribution in [0.4, 0.5) is 19.3 Å². The number of rotatable bonds is 4. The number of carbonyl (C=O) groups excluding carboxylic acids is 1. The molecule has 1 rings (SSSR count). The summed E-state index contributed by atoms with van der Waals surface area (Å²) in [6, 6.07) is 0.586. The highest BCUT2D eigenvalue weighted by molar-refractivity contribution is 5.92. The Morgan fingerprint density at radius 1 is 1.16 bits per heavy atom. The van der Waals surface area contributed by atoms with Gasteiger partial charge in [0.2, 0.25) is 0 Å². The summed E-state index contributed by atoms with van der Waals surface area (Å²) in [6.45, 7) is 3.25. The molecule has 104 valence electrons. The maximum atomic E-state index is 12.9. The molecule has 1 aromatic rings. The van der Waals surface area contributed by atoms with Gasteiger partial charge in [0.05, 0.1) is 0 Å². The van der Waals surface area contributed by atoms with Gasteiger partial charge in [-0.2, -0.15) is 0 Å². The third kappa shape index (κ3) is 4.53. The monoisotopic (exact) mass is 272 g/mol. The van der Waals surface area contributed by atoms with Gasteiger partial charge >= 0.3 is 12.0 Å². The third-order valence-electron chi connectivity index (χ3n) is 2.34. The molecule has 0 saturated carbocycles. The number of urea groups is 1. The average molecular weight is 272 g/mol. The van der Waals surface area contributed by atoms with Gasteiger partial charge in [-0.1, -0.05) is 13.8 Å².